The molecule has 1 atom stereocenters. The predicted molar refractivity (Wildman–Crippen MR) is 61.3 cm³/mol. The van der Waals surface area contributed by atoms with Crippen molar-refractivity contribution in [3.63, 3.8) is 0 Å². The van der Waals surface area contributed by atoms with Gasteiger partial charge in [0, 0.05) is 5.92 Å². The number of benzene rings is 1. The van der Waals surface area contributed by atoms with Crippen molar-refractivity contribution in [1.29, 1.82) is 0 Å². The summed E-state index contributed by atoms with van der Waals surface area (Å²) in [6.07, 6.45) is 0.914. The summed E-state index contributed by atoms with van der Waals surface area (Å²) in [5.74, 6) is 0.181. The fourth-order valence-electron chi connectivity index (χ4n) is 1.25. The lowest BCUT2D eigenvalue weighted by atomic mass is 10.0. The first-order chi connectivity index (χ1) is 7.20. The van der Waals surface area contributed by atoms with Gasteiger partial charge in [0.25, 0.3) is 0 Å². The van der Waals surface area contributed by atoms with Crippen LogP contribution in [-0.4, -0.2) is 13.3 Å². The number of hydrogen-bond acceptors (Lipinski definition) is 1. The van der Waals surface area contributed by atoms with E-state index in [2.05, 4.69) is 6.92 Å². The molecule has 1 unspecified atom stereocenters. The second kappa shape index (κ2) is 5.96. The summed E-state index contributed by atoms with van der Waals surface area (Å²) in [6.45, 7) is 5.81. The van der Waals surface area contributed by atoms with Crippen LogP contribution in [0, 0.1) is 6.92 Å². The van der Waals surface area contributed by atoms with Crippen LogP contribution in [-0.2, 0) is 0 Å². The van der Waals surface area contributed by atoms with Crippen LogP contribution >= 0.6 is 11.6 Å². The smallest absolute Gasteiger partial charge is 0.138 e. The third-order valence-electron chi connectivity index (χ3n) is 2.08. The molecule has 15 heavy (non-hydrogen) atoms. The summed E-state index contributed by atoms with van der Waals surface area (Å²) < 4.78 is 17.9. The van der Waals surface area contributed by atoms with Gasteiger partial charge in [-0.1, -0.05) is 30.7 Å². The fraction of sp³-hybridized carbons (Fsp3) is 0.417. The predicted octanol–water partition coefficient (Wildman–Crippen LogP) is 4.02. The number of alkyl halides is 1. The molecule has 1 aromatic rings. The Kier molecular flexibility index (Phi) is 4.89. The molecule has 0 bridgehead atoms. The normalized spacial score (nSPS) is 12.5. The highest BCUT2D eigenvalue weighted by molar-refractivity contribution is 6.32. The molecule has 0 aliphatic carbocycles. The fourth-order valence-corrected chi connectivity index (χ4v) is 1.58. The van der Waals surface area contributed by atoms with Crippen LogP contribution in [0.2, 0.25) is 5.02 Å². The van der Waals surface area contributed by atoms with Gasteiger partial charge in [0.05, 0.1) is 18.3 Å². The van der Waals surface area contributed by atoms with Crippen molar-refractivity contribution in [2.75, 3.05) is 13.3 Å². The molecule has 0 aromatic heterocycles. The minimum absolute atomic E-state index is 0.428. The lowest BCUT2D eigenvalue weighted by Gasteiger charge is -2.13. The molecule has 0 aliphatic heterocycles. The molecule has 1 rings (SSSR count). The molecule has 0 saturated carbocycles. The minimum Gasteiger partial charge on any atom is -0.492 e. The highest BCUT2D eigenvalue weighted by Gasteiger charge is 2.12. The summed E-state index contributed by atoms with van der Waals surface area (Å²) in [4.78, 5) is 0. The summed E-state index contributed by atoms with van der Waals surface area (Å²) in [5.41, 5.74) is 0.702. The van der Waals surface area contributed by atoms with Crippen LogP contribution in [0.15, 0.2) is 18.2 Å². The minimum atomic E-state index is -0.517. The Morgan fingerprint density at radius 3 is 2.87 bits per heavy atom. The Balaban J connectivity index is 2.90. The maximum Gasteiger partial charge on any atom is 0.138 e. The van der Waals surface area contributed by atoms with Gasteiger partial charge in [-0.25, -0.2) is 0 Å². The first-order valence-corrected chi connectivity index (χ1v) is 5.38. The zero-order valence-electron chi connectivity index (χ0n) is 8.80. The maximum atomic E-state index is 12.5. The summed E-state index contributed by atoms with van der Waals surface area (Å²) in [7, 11) is 0. The second-order valence-electron chi connectivity index (χ2n) is 3.36. The number of hydrogen-bond donors (Lipinski definition) is 0. The molecular weight excluding hydrogens is 215 g/mol. The van der Waals surface area contributed by atoms with E-state index in [4.69, 9.17) is 16.3 Å². The van der Waals surface area contributed by atoms with Crippen molar-refractivity contribution in [1.82, 2.24) is 0 Å². The lowest BCUT2D eigenvalue weighted by molar-refractivity contribution is 0.317. The maximum absolute atomic E-state index is 12.5. The third kappa shape index (κ3) is 3.10. The highest BCUT2D eigenvalue weighted by Crippen LogP contribution is 2.32. The Morgan fingerprint density at radius 2 is 2.27 bits per heavy atom. The van der Waals surface area contributed by atoms with E-state index in [9.17, 15) is 4.39 Å². The van der Waals surface area contributed by atoms with Crippen LogP contribution in [0.5, 0.6) is 5.75 Å². The van der Waals surface area contributed by atoms with Crippen molar-refractivity contribution >= 4 is 11.6 Å². The number of rotatable bonds is 5. The van der Waals surface area contributed by atoms with E-state index in [0.29, 0.717) is 22.9 Å². The van der Waals surface area contributed by atoms with Crippen LogP contribution in [0.3, 0.4) is 0 Å². The molecule has 0 N–H and O–H groups in total. The first-order valence-electron chi connectivity index (χ1n) is 5.01. The van der Waals surface area contributed by atoms with E-state index in [-0.39, 0.29) is 0 Å². The van der Waals surface area contributed by atoms with Gasteiger partial charge in [-0.3, -0.25) is 4.39 Å². The second-order valence-corrected chi connectivity index (χ2v) is 3.74. The van der Waals surface area contributed by atoms with Gasteiger partial charge in [-0.2, -0.15) is 0 Å². The van der Waals surface area contributed by atoms with E-state index >= 15 is 0 Å². The van der Waals surface area contributed by atoms with E-state index in [1.54, 1.807) is 18.2 Å². The molecule has 0 fully saturated rings. The van der Waals surface area contributed by atoms with Gasteiger partial charge < -0.3 is 4.74 Å². The number of ether oxygens (including phenoxy) is 1. The van der Waals surface area contributed by atoms with Crippen LogP contribution in [0.1, 0.15) is 24.8 Å². The molecule has 0 heterocycles. The zero-order chi connectivity index (χ0) is 11.3. The Morgan fingerprint density at radius 1 is 1.53 bits per heavy atom. The largest absolute Gasteiger partial charge is 0.492 e. The first kappa shape index (κ1) is 12.3. The Labute approximate surface area is 95.2 Å². The molecule has 3 heteroatoms. The molecule has 0 aliphatic rings. The highest BCUT2D eigenvalue weighted by atomic mass is 35.5. The van der Waals surface area contributed by atoms with Gasteiger partial charge in [0.15, 0.2) is 0 Å². The molecule has 0 spiro atoms. The van der Waals surface area contributed by atoms with Crippen LogP contribution < -0.4 is 4.74 Å². The van der Waals surface area contributed by atoms with Gasteiger partial charge in [0.1, 0.15) is 5.75 Å². The number of halogens is 2. The average molecular weight is 230 g/mol. The van der Waals surface area contributed by atoms with E-state index in [1.165, 1.54) is 0 Å². The van der Waals surface area contributed by atoms with Gasteiger partial charge in [0.2, 0.25) is 0 Å². The van der Waals surface area contributed by atoms with E-state index < -0.39 is 12.6 Å². The molecule has 0 amide bonds. The quantitative estimate of drug-likeness (QED) is 0.741. The zero-order valence-corrected chi connectivity index (χ0v) is 9.56. The lowest BCUT2D eigenvalue weighted by Crippen LogP contribution is -2.00. The van der Waals surface area contributed by atoms with Crippen LogP contribution in [0.25, 0.3) is 0 Å². The van der Waals surface area contributed by atoms with Crippen LogP contribution in [0.4, 0.5) is 4.39 Å². The van der Waals surface area contributed by atoms with Crippen molar-refractivity contribution in [3.05, 3.63) is 35.7 Å². The van der Waals surface area contributed by atoms with Crippen molar-refractivity contribution < 1.29 is 9.13 Å². The molecule has 0 saturated heterocycles. The molecule has 1 radical (unpaired) electrons. The topological polar surface area (TPSA) is 9.23 Å². The molecule has 83 valence electrons. The van der Waals surface area contributed by atoms with Crippen molar-refractivity contribution in [2.24, 2.45) is 0 Å². The van der Waals surface area contributed by atoms with Gasteiger partial charge >= 0.3 is 0 Å². The molecular formula is C12H15ClFO. The molecule has 1 aromatic carbocycles. The van der Waals surface area contributed by atoms with E-state index in [0.717, 1.165) is 6.42 Å². The Hall–Kier alpha value is -0.760. The third-order valence-corrected chi connectivity index (χ3v) is 2.49. The summed E-state index contributed by atoms with van der Waals surface area (Å²) >= 11 is 6.09. The van der Waals surface area contributed by atoms with Gasteiger partial charge in [-0.15, -0.1) is 0 Å². The SMILES string of the molecule is [CH2]C(CF)c1cccc(OCCC)c1Cl. The summed E-state index contributed by atoms with van der Waals surface area (Å²) in [5, 5.41) is 0.476. The average Bonchev–Trinajstić information content (AvgIpc) is 2.27. The van der Waals surface area contributed by atoms with Gasteiger partial charge in [-0.05, 0) is 25.0 Å². The summed E-state index contributed by atoms with van der Waals surface area (Å²) in [6, 6.07) is 5.37. The van der Waals surface area contributed by atoms with Crippen molar-refractivity contribution in [2.45, 2.75) is 19.3 Å². The van der Waals surface area contributed by atoms with E-state index in [1.807, 2.05) is 6.92 Å². The molecule has 1 nitrogen and oxygen atoms in total. The Bertz CT molecular complexity index is 314. The van der Waals surface area contributed by atoms with Crippen molar-refractivity contribution in [3.8, 4) is 5.75 Å². The monoisotopic (exact) mass is 229 g/mol. The standard InChI is InChI=1S/C12H15ClFO/c1-3-7-15-11-6-4-5-10(12(11)13)9(2)8-14/h4-6,9H,2-3,7-8H2,1H3.